The van der Waals surface area contributed by atoms with Crippen molar-refractivity contribution in [3.63, 3.8) is 0 Å². The van der Waals surface area contributed by atoms with Crippen LogP contribution in [0.25, 0.3) is 5.69 Å². The van der Waals surface area contributed by atoms with Crippen LogP contribution >= 0.6 is 0 Å². The normalized spacial score (nSPS) is 11.2. The van der Waals surface area contributed by atoms with Crippen LogP contribution in [0.5, 0.6) is 11.8 Å². The summed E-state index contributed by atoms with van der Waals surface area (Å²) in [6.07, 6.45) is -4.74. The molecule has 3 aromatic carbocycles. The minimum Gasteiger partial charge on any atom is -0.487 e. The lowest BCUT2D eigenvalue weighted by molar-refractivity contribution is -0.137. The van der Waals surface area contributed by atoms with Gasteiger partial charge in [0.2, 0.25) is 0 Å². The van der Waals surface area contributed by atoms with Crippen molar-refractivity contribution in [2.75, 3.05) is 12.4 Å². The van der Waals surface area contributed by atoms with Gasteiger partial charge in [-0.25, -0.2) is 4.79 Å². The number of carbonyl (C=O) groups excluding carboxylic acids is 1. The van der Waals surface area contributed by atoms with Crippen LogP contribution in [-0.4, -0.2) is 22.8 Å². The summed E-state index contributed by atoms with van der Waals surface area (Å²) in [4.78, 5) is 24.8. The molecule has 0 radical (unpaired) electrons. The Morgan fingerprint density at radius 3 is 2.40 bits per heavy atom. The summed E-state index contributed by atoms with van der Waals surface area (Å²) < 4.78 is 55.0. The van der Waals surface area contributed by atoms with Crippen LogP contribution in [0.2, 0.25) is 0 Å². The molecule has 0 aliphatic carbocycles. The molecule has 1 aromatic heterocycles. The lowest BCUT2D eigenvalue weighted by Crippen LogP contribution is -2.16. The summed E-state index contributed by atoms with van der Waals surface area (Å²) in [5.41, 5.74) is 0.515. The molecule has 4 aromatic rings. The predicted molar refractivity (Wildman–Crippen MR) is 119 cm³/mol. The Hall–Kier alpha value is -4.54. The van der Waals surface area contributed by atoms with E-state index < -0.39 is 23.4 Å². The number of halogens is 3. The van der Waals surface area contributed by atoms with Gasteiger partial charge >= 0.3 is 18.0 Å². The topological polar surface area (TPSA) is 95.6 Å². The van der Waals surface area contributed by atoms with Gasteiger partial charge in [-0.15, -0.1) is 0 Å². The van der Waals surface area contributed by atoms with Gasteiger partial charge in [0.25, 0.3) is 5.91 Å². The van der Waals surface area contributed by atoms with Crippen molar-refractivity contribution >= 4 is 11.6 Å². The van der Waals surface area contributed by atoms with Crippen LogP contribution in [0.15, 0.2) is 82.0 Å². The van der Waals surface area contributed by atoms with Crippen molar-refractivity contribution in [2.45, 2.75) is 12.8 Å². The van der Waals surface area contributed by atoms with Gasteiger partial charge in [-0.3, -0.25) is 4.79 Å². The first-order chi connectivity index (χ1) is 16.7. The quantitative estimate of drug-likeness (QED) is 0.408. The summed E-state index contributed by atoms with van der Waals surface area (Å²) in [7, 11) is 1.30. The Kier molecular flexibility index (Phi) is 6.58. The number of rotatable bonds is 7. The van der Waals surface area contributed by atoms with E-state index in [9.17, 15) is 22.8 Å². The SMILES string of the molecule is COc1nn(-c2ccc(NC(=O)c3ccc(C(F)(F)F)cc3)c(OCc3ccccc3)c2)c(=O)o1. The monoisotopic (exact) mass is 485 g/mol. The summed E-state index contributed by atoms with van der Waals surface area (Å²) in [5, 5.41) is 6.53. The van der Waals surface area contributed by atoms with Crippen LogP contribution in [0.3, 0.4) is 0 Å². The van der Waals surface area contributed by atoms with E-state index in [1.54, 1.807) is 0 Å². The highest BCUT2D eigenvalue weighted by Gasteiger charge is 2.30. The maximum absolute atomic E-state index is 12.8. The predicted octanol–water partition coefficient (Wildman–Crippen LogP) is 4.68. The van der Waals surface area contributed by atoms with Crippen LogP contribution in [0.1, 0.15) is 21.5 Å². The number of nitrogens with one attached hydrogen (secondary N) is 1. The molecule has 1 N–H and O–H groups in total. The third kappa shape index (κ3) is 5.52. The van der Waals surface area contributed by atoms with Crippen LogP contribution in [0.4, 0.5) is 18.9 Å². The number of alkyl halides is 3. The van der Waals surface area contributed by atoms with E-state index in [0.717, 1.165) is 34.5 Å². The standard InChI is InChI=1S/C24H18F3N3O5/c1-33-22-29-30(23(32)35-22)18-11-12-19(20(13-18)34-14-15-5-3-2-4-6-15)28-21(31)16-7-9-17(10-8-16)24(25,26)27/h2-13H,14H2,1H3,(H,28,31). The first-order valence-electron chi connectivity index (χ1n) is 10.2. The van der Waals surface area contributed by atoms with Crippen molar-refractivity contribution in [1.29, 1.82) is 0 Å². The minimum absolute atomic E-state index is 0.0218. The van der Waals surface area contributed by atoms with Crippen molar-refractivity contribution in [2.24, 2.45) is 0 Å². The second-order valence-electron chi connectivity index (χ2n) is 7.23. The molecule has 4 rings (SSSR count). The molecule has 0 saturated heterocycles. The first-order valence-corrected chi connectivity index (χ1v) is 10.2. The average Bonchev–Trinajstić information content (AvgIpc) is 3.24. The largest absolute Gasteiger partial charge is 0.487 e. The van der Waals surface area contributed by atoms with Crippen molar-refractivity contribution < 1.29 is 31.9 Å². The molecule has 0 atom stereocenters. The molecule has 1 heterocycles. The molecular weight excluding hydrogens is 467 g/mol. The van der Waals surface area contributed by atoms with Crippen LogP contribution in [0, 0.1) is 0 Å². The number of amides is 1. The zero-order chi connectivity index (χ0) is 25.0. The molecule has 0 fully saturated rings. The number of hydrogen-bond donors (Lipinski definition) is 1. The van der Waals surface area contributed by atoms with Gasteiger partial charge in [0.1, 0.15) is 12.4 Å². The number of nitrogens with zero attached hydrogens (tertiary/aromatic N) is 2. The number of methoxy groups -OCH3 is 1. The second-order valence-corrected chi connectivity index (χ2v) is 7.23. The van der Waals surface area contributed by atoms with E-state index >= 15 is 0 Å². The van der Waals surface area contributed by atoms with Crippen molar-refractivity contribution in [3.8, 4) is 17.5 Å². The number of benzene rings is 3. The highest BCUT2D eigenvalue weighted by molar-refractivity contribution is 6.05. The maximum atomic E-state index is 12.8. The molecule has 0 aliphatic rings. The fourth-order valence-electron chi connectivity index (χ4n) is 3.11. The van der Waals surface area contributed by atoms with E-state index in [1.807, 2.05) is 30.3 Å². The van der Waals surface area contributed by atoms with Gasteiger partial charge in [-0.1, -0.05) is 35.4 Å². The molecule has 0 bridgehead atoms. The molecule has 0 saturated carbocycles. The molecule has 35 heavy (non-hydrogen) atoms. The van der Waals surface area contributed by atoms with Crippen LogP contribution < -0.4 is 20.5 Å². The number of ether oxygens (including phenoxy) is 2. The average molecular weight is 485 g/mol. The summed E-state index contributed by atoms with van der Waals surface area (Å²) in [5.74, 6) is -1.24. The summed E-state index contributed by atoms with van der Waals surface area (Å²) >= 11 is 0. The fraction of sp³-hybridized carbons (Fsp3) is 0.125. The Labute approximate surface area is 196 Å². The van der Waals surface area contributed by atoms with Gasteiger partial charge in [0.05, 0.1) is 24.0 Å². The number of carbonyl (C=O) groups is 1. The molecular formula is C24H18F3N3O5. The van der Waals surface area contributed by atoms with Crippen LogP contribution in [-0.2, 0) is 12.8 Å². The minimum atomic E-state index is -4.51. The molecule has 0 unspecified atom stereocenters. The Morgan fingerprint density at radius 1 is 1.06 bits per heavy atom. The van der Waals surface area contributed by atoms with Gasteiger partial charge < -0.3 is 19.2 Å². The lowest BCUT2D eigenvalue weighted by atomic mass is 10.1. The fourth-order valence-corrected chi connectivity index (χ4v) is 3.11. The van der Waals surface area contributed by atoms with Gasteiger partial charge in [-0.2, -0.15) is 17.9 Å². The molecule has 0 spiro atoms. The summed E-state index contributed by atoms with van der Waals surface area (Å²) in [6, 6.07) is 17.5. The van der Waals surface area contributed by atoms with E-state index in [0.29, 0.717) is 0 Å². The third-order valence-corrected chi connectivity index (χ3v) is 4.87. The van der Waals surface area contributed by atoms with E-state index in [-0.39, 0.29) is 35.4 Å². The van der Waals surface area contributed by atoms with Gasteiger partial charge in [-0.05, 0) is 42.0 Å². The van der Waals surface area contributed by atoms with E-state index in [2.05, 4.69) is 10.4 Å². The molecule has 1 amide bonds. The van der Waals surface area contributed by atoms with Gasteiger partial charge in [0.15, 0.2) is 0 Å². The third-order valence-electron chi connectivity index (χ3n) is 4.87. The Balaban J connectivity index is 1.63. The molecule has 180 valence electrons. The number of anilines is 1. The Morgan fingerprint density at radius 2 is 1.77 bits per heavy atom. The maximum Gasteiger partial charge on any atom is 0.444 e. The molecule has 8 nitrogen and oxygen atoms in total. The zero-order valence-corrected chi connectivity index (χ0v) is 18.2. The van der Waals surface area contributed by atoms with E-state index in [1.165, 1.54) is 25.3 Å². The summed E-state index contributed by atoms with van der Waals surface area (Å²) in [6.45, 7) is 0.143. The van der Waals surface area contributed by atoms with Crippen molar-refractivity contribution in [1.82, 2.24) is 9.78 Å². The highest BCUT2D eigenvalue weighted by Crippen LogP contribution is 2.31. The number of aromatic nitrogens is 2. The lowest BCUT2D eigenvalue weighted by Gasteiger charge is -2.14. The second kappa shape index (κ2) is 9.75. The molecule has 11 heteroatoms. The smallest absolute Gasteiger partial charge is 0.444 e. The highest BCUT2D eigenvalue weighted by atomic mass is 19.4. The van der Waals surface area contributed by atoms with E-state index in [4.69, 9.17) is 13.9 Å². The van der Waals surface area contributed by atoms with Crippen molar-refractivity contribution in [3.05, 3.63) is 100 Å². The van der Waals surface area contributed by atoms with Gasteiger partial charge in [0, 0.05) is 11.6 Å². The first kappa shape index (κ1) is 23.6. The Bertz CT molecular complexity index is 1380. The number of hydrogen-bond acceptors (Lipinski definition) is 6. The molecule has 0 aliphatic heterocycles. The zero-order valence-electron chi connectivity index (χ0n) is 18.2.